The zero-order valence-electron chi connectivity index (χ0n) is 17.7. The molecule has 30 heavy (non-hydrogen) atoms. The Morgan fingerprint density at radius 2 is 1.97 bits per heavy atom. The van der Waals surface area contributed by atoms with Gasteiger partial charge in [-0.1, -0.05) is 43.5 Å². The lowest BCUT2D eigenvalue weighted by molar-refractivity contribution is -0.122. The molecule has 2 heterocycles. The molecule has 4 rings (SSSR count). The van der Waals surface area contributed by atoms with E-state index in [1.807, 2.05) is 48.2 Å². The molecular weight excluding hydrogens is 378 g/mol. The molecule has 6 heteroatoms. The summed E-state index contributed by atoms with van der Waals surface area (Å²) in [6, 6.07) is 11.3. The van der Waals surface area contributed by atoms with Crippen molar-refractivity contribution in [1.29, 1.82) is 0 Å². The summed E-state index contributed by atoms with van der Waals surface area (Å²) < 4.78 is 5.31. The molecule has 0 radical (unpaired) electrons. The molecule has 1 atom stereocenters. The van der Waals surface area contributed by atoms with Crippen LogP contribution in [0.2, 0.25) is 0 Å². The first kappa shape index (κ1) is 20.5. The number of benzene rings is 1. The van der Waals surface area contributed by atoms with Gasteiger partial charge in [-0.05, 0) is 43.0 Å². The van der Waals surface area contributed by atoms with Gasteiger partial charge in [0.2, 0.25) is 5.91 Å². The number of hydrogen-bond acceptors (Lipinski definition) is 4. The zero-order valence-corrected chi connectivity index (χ0v) is 17.7. The lowest BCUT2D eigenvalue weighted by atomic mass is 9.65. The van der Waals surface area contributed by atoms with Crippen molar-refractivity contribution in [1.82, 2.24) is 9.88 Å². The van der Waals surface area contributed by atoms with Gasteiger partial charge in [-0.2, -0.15) is 0 Å². The molecule has 2 aliphatic rings. The van der Waals surface area contributed by atoms with Crippen LogP contribution < -0.4 is 5.32 Å². The van der Waals surface area contributed by atoms with Gasteiger partial charge >= 0.3 is 0 Å². The van der Waals surface area contributed by atoms with Crippen molar-refractivity contribution in [3.05, 3.63) is 59.3 Å². The van der Waals surface area contributed by atoms with Crippen molar-refractivity contribution in [2.75, 3.05) is 25.6 Å². The van der Waals surface area contributed by atoms with Gasteiger partial charge in [-0.15, -0.1) is 0 Å². The maximum absolute atomic E-state index is 13.7. The van der Waals surface area contributed by atoms with Gasteiger partial charge in [0.05, 0.1) is 18.1 Å². The quantitative estimate of drug-likeness (QED) is 0.816. The van der Waals surface area contributed by atoms with E-state index in [-0.39, 0.29) is 11.8 Å². The Balaban J connectivity index is 1.79. The lowest BCUT2D eigenvalue weighted by Gasteiger charge is -2.53. The Morgan fingerprint density at radius 3 is 2.67 bits per heavy atom. The number of amides is 2. The molecule has 2 aromatic rings. The second-order valence-electron chi connectivity index (χ2n) is 8.34. The minimum absolute atomic E-state index is 0.00191. The Morgan fingerprint density at radius 1 is 1.20 bits per heavy atom. The summed E-state index contributed by atoms with van der Waals surface area (Å²) in [4.78, 5) is 33.5. The summed E-state index contributed by atoms with van der Waals surface area (Å²) >= 11 is 0. The number of methoxy groups -OCH3 is 1. The van der Waals surface area contributed by atoms with E-state index in [1.165, 1.54) is 0 Å². The van der Waals surface area contributed by atoms with E-state index >= 15 is 0 Å². The molecule has 1 saturated carbocycles. The van der Waals surface area contributed by atoms with Crippen LogP contribution in [-0.4, -0.2) is 47.5 Å². The number of carbonyl (C=O) groups is 2. The topological polar surface area (TPSA) is 71.5 Å². The summed E-state index contributed by atoms with van der Waals surface area (Å²) in [5, 5.41) is 3.02. The molecule has 1 aliphatic heterocycles. The third kappa shape index (κ3) is 3.60. The molecule has 1 aromatic heterocycles. The van der Waals surface area contributed by atoms with E-state index in [1.54, 1.807) is 13.3 Å². The molecule has 1 spiro atoms. The molecule has 1 aromatic carbocycles. The van der Waals surface area contributed by atoms with Crippen LogP contribution in [0.5, 0.6) is 0 Å². The number of anilines is 1. The van der Waals surface area contributed by atoms with Crippen molar-refractivity contribution in [3.8, 4) is 0 Å². The summed E-state index contributed by atoms with van der Waals surface area (Å²) in [5.74, 6) is -0.00118. The van der Waals surface area contributed by atoms with Gasteiger partial charge in [0, 0.05) is 25.4 Å². The summed E-state index contributed by atoms with van der Waals surface area (Å²) in [6.07, 6.45) is 6.52. The predicted molar refractivity (Wildman–Crippen MR) is 116 cm³/mol. The number of nitrogens with one attached hydrogen (secondary N) is 1. The number of nitrogens with zero attached hydrogens (tertiary/aromatic N) is 2. The third-order valence-corrected chi connectivity index (χ3v) is 6.49. The SMILES string of the molecule is COCCN1C(=O)c2ccccc2[C@@H](C(=O)Nc2ccc(C)cn2)C12CCCCC2. The van der Waals surface area contributed by atoms with E-state index in [0.717, 1.165) is 43.2 Å². The first-order chi connectivity index (χ1) is 14.6. The van der Waals surface area contributed by atoms with Crippen molar-refractivity contribution >= 4 is 17.6 Å². The molecule has 6 nitrogen and oxygen atoms in total. The standard InChI is InChI=1S/C24H29N3O3/c1-17-10-11-20(25-16-17)26-22(28)21-18-8-4-5-9-19(18)23(29)27(14-15-30-2)24(21)12-6-3-7-13-24/h4-5,8-11,16,21H,3,6-7,12-15H2,1-2H3,(H,25,26,28)/t21-/m0/s1. The van der Waals surface area contributed by atoms with Crippen molar-refractivity contribution < 1.29 is 14.3 Å². The van der Waals surface area contributed by atoms with Gasteiger partial charge < -0.3 is 15.0 Å². The fraction of sp³-hybridized carbons (Fsp3) is 0.458. The van der Waals surface area contributed by atoms with E-state index < -0.39 is 11.5 Å². The number of rotatable bonds is 5. The maximum Gasteiger partial charge on any atom is 0.254 e. The molecule has 0 bridgehead atoms. The highest BCUT2D eigenvalue weighted by molar-refractivity contribution is 6.04. The first-order valence-electron chi connectivity index (χ1n) is 10.7. The molecule has 0 unspecified atom stereocenters. The van der Waals surface area contributed by atoms with Crippen LogP contribution in [0, 0.1) is 6.92 Å². The van der Waals surface area contributed by atoms with Gasteiger partial charge in [-0.3, -0.25) is 9.59 Å². The number of carbonyl (C=O) groups excluding carboxylic acids is 2. The lowest BCUT2D eigenvalue weighted by Crippen LogP contribution is -2.62. The van der Waals surface area contributed by atoms with E-state index in [2.05, 4.69) is 10.3 Å². The minimum atomic E-state index is -0.531. The number of ether oxygens (including phenoxy) is 1. The molecule has 1 fully saturated rings. The van der Waals surface area contributed by atoms with E-state index in [9.17, 15) is 9.59 Å². The van der Waals surface area contributed by atoms with Gasteiger partial charge in [0.25, 0.3) is 5.91 Å². The fourth-order valence-corrected chi connectivity index (χ4v) is 5.09. The number of fused-ring (bicyclic) bond motifs is 1. The van der Waals surface area contributed by atoms with Crippen LogP contribution in [0.1, 0.15) is 59.5 Å². The smallest absolute Gasteiger partial charge is 0.254 e. The molecule has 1 N–H and O–H groups in total. The fourth-order valence-electron chi connectivity index (χ4n) is 5.09. The van der Waals surface area contributed by atoms with Crippen molar-refractivity contribution in [2.24, 2.45) is 0 Å². The van der Waals surface area contributed by atoms with Crippen molar-refractivity contribution in [2.45, 2.75) is 50.5 Å². The van der Waals surface area contributed by atoms with Gasteiger partial charge in [-0.25, -0.2) is 4.98 Å². The van der Waals surface area contributed by atoms with Crippen LogP contribution in [0.4, 0.5) is 5.82 Å². The minimum Gasteiger partial charge on any atom is -0.383 e. The monoisotopic (exact) mass is 407 g/mol. The largest absolute Gasteiger partial charge is 0.383 e. The van der Waals surface area contributed by atoms with E-state index in [0.29, 0.717) is 24.5 Å². The number of aromatic nitrogens is 1. The third-order valence-electron chi connectivity index (χ3n) is 6.49. The number of hydrogen-bond donors (Lipinski definition) is 1. The van der Waals surface area contributed by atoms with Gasteiger partial charge in [0.15, 0.2) is 0 Å². The predicted octanol–water partition coefficient (Wildman–Crippen LogP) is 3.92. The Kier molecular flexibility index (Phi) is 5.86. The molecule has 0 saturated heterocycles. The average molecular weight is 408 g/mol. The molecule has 158 valence electrons. The van der Waals surface area contributed by atoms with Crippen LogP contribution in [0.15, 0.2) is 42.6 Å². The Bertz CT molecular complexity index is 920. The second kappa shape index (κ2) is 8.56. The number of aryl methyl sites for hydroxylation is 1. The number of pyridine rings is 1. The normalized spacial score (nSPS) is 20.1. The molecular formula is C24H29N3O3. The second-order valence-corrected chi connectivity index (χ2v) is 8.34. The van der Waals surface area contributed by atoms with Gasteiger partial charge in [0.1, 0.15) is 5.82 Å². The highest BCUT2D eigenvalue weighted by atomic mass is 16.5. The van der Waals surface area contributed by atoms with Crippen LogP contribution in [0.3, 0.4) is 0 Å². The Labute approximate surface area is 177 Å². The molecule has 2 amide bonds. The summed E-state index contributed by atoms with van der Waals surface area (Å²) in [7, 11) is 1.64. The highest BCUT2D eigenvalue weighted by Crippen LogP contribution is 2.49. The maximum atomic E-state index is 13.7. The Hall–Kier alpha value is -2.73. The average Bonchev–Trinajstić information content (AvgIpc) is 2.76. The zero-order chi connectivity index (χ0) is 21.1. The highest BCUT2D eigenvalue weighted by Gasteiger charge is 2.54. The van der Waals surface area contributed by atoms with E-state index in [4.69, 9.17) is 4.74 Å². The summed E-state index contributed by atoms with van der Waals surface area (Å²) in [6.45, 7) is 2.89. The van der Waals surface area contributed by atoms with Crippen LogP contribution in [-0.2, 0) is 9.53 Å². The first-order valence-corrected chi connectivity index (χ1v) is 10.7. The molecule has 1 aliphatic carbocycles. The van der Waals surface area contributed by atoms with Crippen molar-refractivity contribution in [3.63, 3.8) is 0 Å². The van der Waals surface area contributed by atoms with Crippen LogP contribution in [0.25, 0.3) is 0 Å². The van der Waals surface area contributed by atoms with Crippen LogP contribution >= 0.6 is 0 Å². The summed E-state index contributed by atoms with van der Waals surface area (Å²) in [5.41, 5.74) is 1.94.